The van der Waals surface area contributed by atoms with Crippen molar-refractivity contribution in [2.45, 2.75) is 61.7 Å². The zero-order valence-corrected chi connectivity index (χ0v) is 28.6. The summed E-state index contributed by atoms with van der Waals surface area (Å²) in [5.74, 6) is -5.03. The highest BCUT2D eigenvalue weighted by atomic mass is 19.3. The number of urea groups is 1. The van der Waals surface area contributed by atoms with Gasteiger partial charge < -0.3 is 34.8 Å². The number of nitrogens with one attached hydrogen (secondary N) is 2. The molecule has 1 saturated carbocycles. The second-order valence-corrected chi connectivity index (χ2v) is 14.9. The number of piperazine rings is 1. The minimum atomic E-state index is -3.03. The van der Waals surface area contributed by atoms with Crippen molar-refractivity contribution in [3.05, 3.63) is 48.5 Å². The Kier molecular flexibility index (Phi) is 8.38. The first-order valence-corrected chi connectivity index (χ1v) is 18.1. The summed E-state index contributed by atoms with van der Waals surface area (Å²) < 4.78 is 70.9. The summed E-state index contributed by atoms with van der Waals surface area (Å²) in [6.45, 7) is 5.06. The van der Waals surface area contributed by atoms with Gasteiger partial charge in [-0.25, -0.2) is 22.4 Å². The molecule has 6 heterocycles. The molecule has 0 spiro atoms. The Labute approximate surface area is 298 Å². The minimum Gasteiger partial charge on any atom is -0.377 e. The number of hydrogen-bond acceptors (Lipinski definition) is 10. The second kappa shape index (κ2) is 13.0. The molecule has 4 bridgehead atoms. The van der Waals surface area contributed by atoms with Crippen LogP contribution in [0.2, 0.25) is 0 Å². The summed E-state index contributed by atoms with van der Waals surface area (Å²) in [4.78, 5) is 34.5. The fourth-order valence-corrected chi connectivity index (χ4v) is 8.25. The maximum Gasteiger partial charge on any atom is 0.323 e. The molecule has 2 amide bonds. The standard InChI is InChI=1S/C36H41F4N9O3/c37-35(38)15-27-18-51-20-29(35)48(27)32-43-31(44-33(45-32)49-28-16-36(39,40)30(49)21-52-19-28)23-3-5-24(6-4-23)41-34(50)42-25-7-9-26(10-8-25)47-13-11-46(12-14-47)17-22-1-2-22/h3-10,22,27-30H,1-2,11-21H2,(H2,41,42,50). The molecule has 2 N–H and O–H groups in total. The van der Waals surface area contributed by atoms with Crippen LogP contribution < -0.4 is 25.3 Å². The first-order valence-electron chi connectivity index (χ1n) is 18.1. The third-order valence-corrected chi connectivity index (χ3v) is 11.2. The minimum absolute atomic E-state index is 0.00637. The molecule has 1 aliphatic carbocycles. The van der Waals surface area contributed by atoms with E-state index in [0.29, 0.717) is 16.9 Å². The number of carbonyl (C=O) groups excluding carboxylic acids is 1. The van der Waals surface area contributed by atoms with Gasteiger partial charge in [0.2, 0.25) is 11.9 Å². The number of aromatic nitrogens is 3. The van der Waals surface area contributed by atoms with Crippen LogP contribution in [0.1, 0.15) is 25.7 Å². The van der Waals surface area contributed by atoms with E-state index >= 15 is 17.6 Å². The number of hydrogen-bond donors (Lipinski definition) is 2. The quantitative estimate of drug-likeness (QED) is 0.310. The molecule has 4 atom stereocenters. The molecule has 0 radical (unpaired) electrons. The molecule has 276 valence electrons. The van der Waals surface area contributed by atoms with Crippen LogP contribution in [0.15, 0.2) is 48.5 Å². The van der Waals surface area contributed by atoms with Gasteiger partial charge in [0.05, 0.1) is 38.5 Å². The molecule has 2 aromatic carbocycles. The summed E-state index contributed by atoms with van der Waals surface area (Å²) in [6, 6.07) is 10.2. The molecule has 4 unspecified atom stereocenters. The second-order valence-electron chi connectivity index (χ2n) is 14.9. The zero-order chi connectivity index (χ0) is 35.6. The SMILES string of the molecule is O=C(Nc1ccc(-c2nc(N3C4COCC3C(F)(F)C4)nc(N3C4COCC3C(F)(F)C4)n2)cc1)Nc1ccc(N2CCN(CC3CC3)CC2)cc1. The third-order valence-electron chi connectivity index (χ3n) is 11.2. The maximum absolute atomic E-state index is 15.0. The van der Waals surface area contributed by atoms with E-state index in [1.807, 2.05) is 24.3 Å². The van der Waals surface area contributed by atoms with Gasteiger partial charge >= 0.3 is 6.03 Å². The Bertz CT molecular complexity index is 1730. The topological polar surface area (TPSA) is 111 Å². The summed E-state index contributed by atoms with van der Waals surface area (Å²) >= 11 is 0. The number of carbonyl (C=O) groups is 1. The molecule has 1 aromatic heterocycles. The van der Waals surface area contributed by atoms with Crippen LogP contribution in [0, 0.1) is 5.92 Å². The Morgan fingerprint density at radius 1 is 0.712 bits per heavy atom. The fourth-order valence-electron chi connectivity index (χ4n) is 8.25. The van der Waals surface area contributed by atoms with Crippen molar-refractivity contribution in [3.63, 3.8) is 0 Å². The van der Waals surface area contributed by atoms with E-state index in [9.17, 15) is 4.79 Å². The summed E-state index contributed by atoms with van der Waals surface area (Å²) in [5, 5.41) is 5.69. The van der Waals surface area contributed by atoms with Crippen molar-refractivity contribution in [2.24, 2.45) is 5.92 Å². The molecule has 16 heteroatoms. The van der Waals surface area contributed by atoms with Gasteiger partial charge in [-0.05, 0) is 67.3 Å². The number of nitrogens with zero attached hydrogens (tertiary/aromatic N) is 7. The lowest BCUT2D eigenvalue weighted by Crippen LogP contribution is -2.52. The van der Waals surface area contributed by atoms with E-state index in [1.54, 1.807) is 24.3 Å². The van der Waals surface area contributed by atoms with Gasteiger partial charge in [0.15, 0.2) is 5.82 Å². The van der Waals surface area contributed by atoms with Crippen molar-refractivity contribution >= 4 is 35.0 Å². The van der Waals surface area contributed by atoms with Crippen LogP contribution in [0.25, 0.3) is 11.4 Å². The molecular formula is C36H41F4N9O3. The lowest BCUT2D eigenvalue weighted by Gasteiger charge is -2.37. The molecule has 9 rings (SSSR count). The fraction of sp³-hybridized carbons (Fsp3) is 0.556. The summed E-state index contributed by atoms with van der Waals surface area (Å²) in [5.41, 5.74) is 2.77. The first-order chi connectivity index (χ1) is 25.1. The first kappa shape index (κ1) is 33.5. The number of morpholine rings is 2. The van der Waals surface area contributed by atoms with Crippen LogP contribution in [-0.4, -0.2) is 121 Å². The van der Waals surface area contributed by atoms with Gasteiger partial charge in [-0.15, -0.1) is 0 Å². The van der Waals surface area contributed by atoms with Crippen molar-refractivity contribution in [2.75, 3.05) is 84.5 Å². The Balaban J connectivity index is 0.902. The zero-order valence-electron chi connectivity index (χ0n) is 28.6. The highest BCUT2D eigenvalue weighted by Crippen LogP contribution is 2.46. The summed E-state index contributed by atoms with van der Waals surface area (Å²) in [7, 11) is 0. The molecule has 52 heavy (non-hydrogen) atoms. The lowest BCUT2D eigenvalue weighted by atomic mass is 10.1. The Morgan fingerprint density at radius 2 is 1.23 bits per heavy atom. The van der Waals surface area contributed by atoms with Crippen LogP contribution in [0.5, 0.6) is 0 Å². The predicted octanol–water partition coefficient (Wildman–Crippen LogP) is 4.94. The largest absolute Gasteiger partial charge is 0.377 e. The highest BCUT2D eigenvalue weighted by Gasteiger charge is 2.59. The molecule has 6 fully saturated rings. The van der Waals surface area contributed by atoms with Gasteiger partial charge in [-0.2, -0.15) is 15.0 Å². The monoisotopic (exact) mass is 723 g/mol. The van der Waals surface area contributed by atoms with Crippen molar-refractivity contribution < 1.29 is 31.8 Å². The van der Waals surface area contributed by atoms with Gasteiger partial charge in [-0.3, -0.25) is 4.90 Å². The Hall–Kier alpha value is -4.28. The number of halogens is 4. The maximum atomic E-state index is 15.0. The van der Waals surface area contributed by atoms with Crippen LogP contribution in [0.3, 0.4) is 0 Å². The number of benzene rings is 2. The highest BCUT2D eigenvalue weighted by molar-refractivity contribution is 6.00. The molecule has 12 nitrogen and oxygen atoms in total. The van der Waals surface area contributed by atoms with E-state index < -0.39 is 54.9 Å². The third kappa shape index (κ3) is 6.49. The van der Waals surface area contributed by atoms with Crippen molar-refractivity contribution in [1.82, 2.24) is 19.9 Å². The normalized spacial score (nSPS) is 27.9. The van der Waals surface area contributed by atoms with E-state index in [2.05, 4.69) is 35.4 Å². The molecular weight excluding hydrogens is 682 g/mol. The van der Waals surface area contributed by atoms with E-state index in [4.69, 9.17) is 9.47 Å². The number of rotatable bonds is 8. The van der Waals surface area contributed by atoms with E-state index in [0.717, 1.165) is 37.8 Å². The number of anilines is 5. The number of fused-ring (bicyclic) bond motifs is 4. The molecule has 5 saturated heterocycles. The average Bonchev–Trinajstić information content (AvgIpc) is 3.91. The van der Waals surface area contributed by atoms with Gasteiger partial charge in [0.1, 0.15) is 12.1 Å². The number of alkyl halides is 4. The van der Waals surface area contributed by atoms with Gasteiger partial charge in [-0.1, -0.05) is 0 Å². The van der Waals surface area contributed by atoms with Crippen molar-refractivity contribution in [3.8, 4) is 11.4 Å². The van der Waals surface area contributed by atoms with Crippen LogP contribution in [-0.2, 0) is 9.47 Å². The van der Waals surface area contributed by atoms with Crippen LogP contribution >= 0.6 is 0 Å². The molecule has 5 aliphatic heterocycles. The van der Waals surface area contributed by atoms with Gasteiger partial charge in [0.25, 0.3) is 11.8 Å². The smallest absolute Gasteiger partial charge is 0.323 e. The van der Waals surface area contributed by atoms with E-state index in [1.165, 1.54) is 29.2 Å². The van der Waals surface area contributed by atoms with Crippen molar-refractivity contribution in [1.29, 1.82) is 0 Å². The lowest BCUT2D eigenvalue weighted by molar-refractivity contribution is -0.0248. The average molecular weight is 724 g/mol. The number of ether oxygens (including phenoxy) is 2. The number of amides is 2. The summed E-state index contributed by atoms with van der Waals surface area (Å²) in [6.07, 6.45) is 1.89. The van der Waals surface area contributed by atoms with Crippen LogP contribution in [0.4, 0.5) is 51.3 Å². The predicted molar refractivity (Wildman–Crippen MR) is 187 cm³/mol. The molecule has 6 aliphatic rings. The molecule has 3 aromatic rings. The van der Waals surface area contributed by atoms with E-state index in [-0.39, 0.29) is 44.1 Å². The Morgan fingerprint density at radius 3 is 1.73 bits per heavy atom. The van der Waals surface area contributed by atoms with Gasteiger partial charge in [0, 0.05) is 68.2 Å².